The van der Waals surface area contributed by atoms with Gasteiger partial charge in [0.15, 0.2) is 0 Å². The van der Waals surface area contributed by atoms with E-state index in [-0.39, 0.29) is 23.7 Å². The van der Waals surface area contributed by atoms with Crippen LogP contribution in [0.15, 0.2) is 24.3 Å². The van der Waals surface area contributed by atoms with E-state index >= 15 is 0 Å². The molecule has 116 valence electrons. The molecule has 5 heteroatoms. The molecule has 0 heterocycles. The number of aldehydes is 1. The molecule has 1 aromatic carbocycles. The SMILES string of the molecule is CC(C=O)C1CCCC(Oc2cccc(C(F)(F)F)c2)C1. The van der Waals surface area contributed by atoms with Gasteiger partial charge in [0.25, 0.3) is 0 Å². The van der Waals surface area contributed by atoms with E-state index < -0.39 is 11.7 Å². The maximum Gasteiger partial charge on any atom is 0.416 e. The fourth-order valence-corrected chi connectivity index (χ4v) is 2.81. The van der Waals surface area contributed by atoms with Crippen molar-refractivity contribution in [2.75, 3.05) is 0 Å². The van der Waals surface area contributed by atoms with Crippen LogP contribution in [0, 0.1) is 11.8 Å². The van der Waals surface area contributed by atoms with Gasteiger partial charge in [-0.25, -0.2) is 0 Å². The molecule has 1 aliphatic carbocycles. The van der Waals surface area contributed by atoms with E-state index in [1.165, 1.54) is 6.07 Å². The number of carbonyl (C=O) groups excluding carboxylic acids is 1. The number of carbonyl (C=O) groups is 1. The molecule has 1 aliphatic rings. The van der Waals surface area contributed by atoms with Gasteiger partial charge in [0.1, 0.15) is 12.0 Å². The maximum atomic E-state index is 12.7. The highest BCUT2D eigenvalue weighted by molar-refractivity contribution is 5.53. The number of ether oxygens (including phenoxy) is 1. The van der Waals surface area contributed by atoms with Crippen LogP contribution in [0.3, 0.4) is 0 Å². The van der Waals surface area contributed by atoms with Crippen LogP contribution in [0.25, 0.3) is 0 Å². The number of benzene rings is 1. The van der Waals surface area contributed by atoms with Gasteiger partial charge in [-0.2, -0.15) is 13.2 Å². The van der Waals surface area contributed by atoms with Crippen molar-refractivity contribution in [2.24, 2.45) is 11.8 Å². The van der Waals surface area contributed by atoms with E-state index in [2.05, 4.69) is 0 Å². The molecule has 3 atom stereocenters. The number of rotatable bonds is 4. The summed E-state index contributed by atoms with van der Waals surface area (Å²) >= 11 is 0. The Morgan fingerprint density at radius 1 is 1.33 bits per heavy atom. The normalized spacial score (nSPS) is 24.4. The molecule has 1 saturated carbocycles. The molecule has 1 fully saturated rings. The molecule has 1 aromatic rings. The molecule has 0 radical (unpaired) electrons. The van der Waals surface area contributed by atoms with E-state index in [4.69, 9.17) is 4.74 Å². The van der Waals surface area contributed by atoms with E-state index in [0.717, 1.165) is 44.1 Å². The van der Waals surface area contributed by atoms with Gasteiger partial charge in [-0.05, 0) is 49.8 Å². The molecule has 0 spiro atoms. The van der Waals surface area contributed by atoms with Gasteiger partial charge in [0, 0.05) is 5.92 Å². The lowest BCUT2D eigenvalue weighted by Gasteiger charge is -2.31. The minimum atomic E-state index is -4.36. The van der Waals surface area contributed by atoms with E-state index in [1.54, 1.807) is 6.07 Å². The van der Waals surface area contributed by atoms with Crippen molar-refractivity contribution in [3.63, 3.8) is 0 Å². The summed E-state index contributed by atoms with van der Waals surface area (Å²) in [6, 6.07) is 4.96. The molecule has 0 aliphatic heterocycles. The number of hydrogen-bond acceptors (Lipinski definition) is 2. The lowest BCUT2D eigenvalue weighted by Crippen LogP contribution is -2.29. The molecule has 0 bridgehead atoms. The molecule has 0 amide bonds. The Morgan fingerprint density at radius 3 is 2.76 bits per heavy atom. The van der Waals surface area contributed by atoms with Gasteiger partial charge in [-0.15, -0.1) is 0 Å². The summed E-state index contributed by atoms with van der Waals surface area (Å²) in [5, 5.41) is 0. The molecule has 0 aromatic heterocycles. The molecule has 0 saturated heterocycles. The molecule has 2 rings (SSSR count). The summed E-state index contributed by atoms with van der Waals surface area (Å²) in [5.74, 6) is 0.471. The summed E-state index contributed by atoms with van der Waals surface area (Å²) in [6.07, 6.45) is -0.0872. The van der Waals surface area contributed by atoms with Crippen molar-refractivity contribution in [2.45, 2.75) is 44.9 Å². The fraction of sp³-hybridized carbons (Fsp3) is 0.562. The van der Waals surface area contributed by atoms with E-state index in [1.807, 2.05) is 6.92 Å². The second-order valence-corrected chi connectivity index (χ2v) is 5.69. The van der Waals surface area contributed by atoms with Crippen molar-refractivity contribution in [3.8, 4) is 5.75 Å². The van der Waals surface area contributed by atoms with Crippen LogP contribution >= 0.6 is 0 Å². The highest BCUT2D eigenvalue weighted by Crippen LogP contribution is 2.34. The first-order valence-corrected chi connectivity index (χ1v) is 7.19. The summed E-state index contributed by atoms with van der Waals surface area (Å²) in [6.45, 7) is 1.88. The standard InChI is InChI=1S/C16H19F3O2/c1-11(10-20)12-4-2-6-14(8-12)21-15-7-3-5-13(9-15)16(17,18)19/h3,5,7,9-12,14H,2,4,6,8H2,1H3. The first-order valence-electron chi connectivity index (χ1n) is 7.19. The Labute approximate surface area is 122 Å². The molecular weight excluding hydrogens is 281 g/mol. The second-order valence-electron chi connectivity index (χ2n) is 5.69. The van der Waals surface area contributed by atoms with Gasteiger partial charge in [0.2, 0.25) is 0 Å². The van der Waals surface area contributed by atoms with Crippen LogP contribution in [0.5, 0.6) is 5.75 Å². The van der Waals surface area contributed by atoms with Crippen LogP contribution in [0.2, 0.25) is 0 Å². The summed E-state index contributed by atoms with van der Waals surface area (Å²) in [5.41, 5.74) is -0.700. The van der Waals surface area contributed by atoms with Gasteiger partial charge in [-0.1, -0.05) is 13.0 Å². The van der Waals surface area contributed by atoms with Gasteiger partial charge in [-0.3, -0.25) is 0 Å². The zero-order valence-electron chi connectivity index (χ0n) is 11.9. The van der Waals surface area contributed by atoms with Crippen molar-refractivity contribution in [3.05, 3.63) is 29.8 Å². The summed E-state index contributed by atoms with van der Waals surface area (Å²) in [7, 11) is 0. The van der Waals surface area contributed by atoms with Crippen LogP contribution in [-0.2, 0) is 11.0 Å². The van der Waals surface area contributed by atoms with Crippen LogP contribution in [0.4, 0.5) is 13.2 Å². The number of hydrogen-bond donors (Lipinski definition) is 0. The van der Waals surface area contributed by atoms with Crippen LogP contribution in [0.1, 0.15) is 38.2 Å². The molecule has 0 N–H and O–H groups in total. The van der Waals surface area contributed by atoms with Crippen molar-refractivity contribution in [1.82, 2.24) is 0 Å². The van der Waals surface area contributed by atoms with Crippen molar-refractivity contribution >= 4 is 6.29 Å². The summed E-state index contributed by atoms with van der Waals surface area (Å²) < 4.78 is 43.7. The maximum absolute atomic E-state index is 12.7. The number of alkyl halides is 3. The second kappa shape index (κ2) is 6.50. The smallest absolute Gasteiger partial charge is 0.416 e. The first kappa shape index (κ1) is 15.9. The minimum absolute atomic E-state index is 0.0297. The summed E-state index contributed by atoms with van der Waals surface area (Å²) in [4.78, 5) is 10.9. The lowest BCUT2D eigenvalue weighted by molar-refractivity contribution is -0.137. The van der Waals surface area contributed by atoms with Crippen molar-refractivity contribution < 1.29 is 22.7 Å². The van der Waals surface area contributed by atoms with Crippen LogP contribution in [-0.4, -0.2) is 12.4 Å². The third-order valence-electron chi connectivity index (χ3n) is 4.09. The Hall–Kier alpha value is -1.52. The van der Waals surface area contributed by atoms with Crippen LogP contribution < -0.4 is 4.74 Å². The van der Waals surface area contributed by atoms with Gasteiger partial charge in [0.05, 0.1) is 11.7 Å². The highest BCUT2D eigenvalue weighted by Gasteiger charge is 2.31. The third kappa shape index (κ3) is 4.22. The predicted octanol–water partition coefficient (Wildman–Crippen LogP) is 4.48. The topological polar surface area (TPSA) is 26.3 Å². The molecule has 3 unspecified atom stereocenters. The molecule has 21 heavy (non-hydrogen) atoms. The van der Waals surface area contributed by atoms with E-state index in [9.17, 15) is 18.0 Å². The minimum Gasteiger partial charge on any atom is -0.490 e. The predicted molar refractivity (Wildman–Crippen MR) is 73.0 cm³/mol. The fourth-order valence-electron chi connectivity index (χ4n) is 2.81. The number of halogens is 3. The van der Waals surface area contributed by atoms with Gasteiger partial charge < -0.3 is 9.53 Å². The third-order valence-corrected chi connectivity index (χ3v) is 4.09. The monoisotopic (exact) mass is 300 g/mol. The highest BCUT2D eigenvalue weighted by atomic mass is 19.4. The zero-order chi connectivity index (χ0) is 15.5. The van der Waals surface area contributed by atoms with Gasteiger partial charge >= 0.3 is 6.18 Å². The molecule has 2 nitrogen and oxygen atoms in total. The Kier molecular flexibility index (Phi) is 4.91. The van der Waals surface area contributed by atoms with E-state index in [0.29, 0.717) is 0 Å². The molecular formula is C16H19F3O2. The average molecular weight is 300 g/mol. The Morgan fingerprint density at radius 2 is 2.10 bits per heavy atom. The lowest BCUT2D eigenvalue weighted by atomic mass is 9.80. The Balaban J connectivity index is 2.03. The zero-order valence-corrected chi connectivity index (χ0v) is 11.9. The quantitative estimate of drug-likeness (QED) is 0.766. The average Bonchev–Trinajstić information content (AvgIpc) is 2.46. The van der Waals surface area contributed by atoms with Crippen molar-refractivity contribution in [1.29, 1.82) is 0 Å². The largest absolute Gasteiger partial charge is 0.490 e. The first-order chi connectivity index (χ1) is 9.90. The Bertz CT molecular complexity index is 485.